The van der Waals surface area contributed by atoms with Crippen molar-refractivity contribution in [3.05, 3.63) is 33.9 Å². The van der Waals surface area contributed by atoms with Gasteiger partial charge in [-0.1, -0.05) is 26.7 Å². The molecule has 0 bridgehead atoms. The van der Waals surface area contributed by atoms with Crippen LogP contribution in [0.3, 0.4) is 0 Å². The fourth-order valence-corrected chi connectivity index (χ4v) is 3.75. The Morgan fingerprint density at radius 2 is 1.97 bits per heavy atom. The van der Waals surface area contributed by atoms with Crippen molar-refractivity contribution < 1.29 is 28.7 Å². The summed E-state index contributed by atoms with van der Waals surface area (Å²) in [5, 5.41) is 14.2. The van der Waals surface area contributed by atoms with Gasteiger partial charge in [0.15, 0.2) is 17.6 Å². The summed E-state index contributed by atoms with van der Waals surface area (Å²) in [4.78, 5) is 35.3. The fraction of sp³-hybridized carbons (Fsp3) is 0.524. The number of esters is 1. The minimum Gasteiger partial charge on any atom is -0.454 e. The first kappa shape index (κ1) is 21.6. The summed E-state index contributed by atoms with van der Waals surface area (Å²) < 4.78 is 15.5. The molecule has 4 atom stereocenters. The van der Waals surface area contributed by atoms with Gasteiger partial charge in [-0.05, 0) is 37.3 Å². The van der Waals surface area contributed by atoms with Crippen molar-refractivity contribution in [2.24, 2.45) is 11.8 Å². The van der Waals surface area contributed by atoms with E-state index in [2.05, 4.69) is 19.2 Å². The second kappa shape index (κ2) is 9.15. The number of fused-ring (bicyclic) bond motifs is 1. The zero-order chi connectivity index (χ0) is 21.8. The molecule has 1 aliphatic heterocycles. The molecule has 1 fully saturated rings. The van der Waals surface area contributed by atoms with Crippen molar-refractivity contribution in [2.45, 2.75) is 52.2 Å². The molecule has 1 aromatic rings. The Balaban J connectivity index is 1.60. The molecule has 0 spiro atoms. The second-order valence-corrected chi connectivity index (χ2v) is 7.82. The Morgan fingerprint density at radius 3 is 2.67 bits per heavy atom. The largest absolute Gasteiger partial charge is 0.454 e. The van der Waals surface area contributed by atoms with Crippen LogP contribution < -0.4 is 14.8 Å². The average molecular weight is 418 g/mol. The number of hydrogen-bond acceptors (Lipinski definition) is 7. The number of hydrogen-bond donors (Lipinski definition) is 1. The predicted molar refractivity (Wildman–Crippen MR) is 108 cm³/mol. The molecule has 9 heteroatoms. The van der Waals surface area contributed by atoms with Crippen LogP contribution in [0.25, 0.3) is 6.08 Å². The van der Waals surface area contributed by atoms with Crippen LogP contribution in [0.4, 0.5) is 5.69 Å². The summed E-state index contributed by atoms with van der Waals surface area (Å²) in [6, 6.07) is 2.73. The van der Waals surface area contributed by atoms with Gasteiger partial charge in [-0.3, -0.25) is 14.9 Å². The van der Waals surface area contributed by atoms with E-state index >= 15 is 0 Å². The molecule has 2 aliphatic rings. The second-order valence-electron chi connectivity index (χ2n) is 7.82. The van der Waals surface area contributed by atoms with Crippen molar-refractivity contribution in [3.63, 3.8) is 0 Å². The highest BCUT2D eigenvalue weighted by molar-refractivity contribution is 5.91. The van der Waals surface area contributed by atoms with E-state index in [1.165, 1.54) is 25.1 Å². The summed E-state index contributed by atoms with van der Waals surface area (Å²) in [6.07, 6.45) is 4.46. The van der Waals surface area contributed by atoms with Gasteiger partial charge in [-0.2, -0.15) is 0 Å². The number of amides is 1. The lowest BCUT2D eigenvalue weighted by Crippen LogP contribution is -2.47. The molecule has 1 aliphatic carbocycles. The summed E-state index contributed by atoms with van der Waals surface area (Å²) in [6.45, 7) is 5.77. The average Bonchev–Trinajstić information content (AvgIpc) is 3.16. The quantitative estimate of drug-likeness (QED) is 0.326. The Morgan fingerprint density at radius 1 is 1.27 bits per heavy atom. The summed E-state index contributed by atoms with van der Waals surface area (Å²) >= 11 is 0. The fourth-order valence-electron chi connectivity index (χ4n) is 3.75. The van der Waals surface area contributed by atoms with Crippen LogP contribution in [0.15, 0.2) is 18.2 Å². The number of nitro benzene ring substituents is 1. The predicted octanol–water partition coefficient (Wildman–Crippen LogP) is 3.21. The van der Waals surface area contributed by atoms with E-state index in [9.17, 15) is 19.7 Å². The van der Waals surface area contributed by atoms with Crippen molar-refractivity contribution in [1.29, 1.82) is 0 Å². The van der Waals surface area contributed by atoms with Gasteiger partial charge in [0, 0.05) is 12.1 Å². The standard InChI is InChI=1S/C21H26N2O7/c1-12-5-4-6-16(13(12)2)22-21(25)14(3)30-20(24)8-7-15-9-18-19(29-11-28-18)10-17(15)23(26)27/h7-10,12-14,16H,4-6,11H2,1-3H3,(H,22,25)/b8-7+/t12-,13+,14+,16-/m0/s1. The summed E-state index contributed by atoms with van der Waals surface area (Å²) in [5.41, 5.74) is -0.0576. The van der Waals surface area contributed by atoms with E-state index in [1.807, 2.05) is 0 Å². The third-order valence-corrected chi connectivity index (χ3v) is 5.81. The third-order valence-electron chi connectivity index (χ3n) is 5.81. The lowest BCUT2D eigenvalue weighted by Gasteiger charge is -2.35. The number of nitro groups is 1. The lowest BCUT2D eigenvalue weighted by molar-refractivity contribution is -0.385. The van der Waals surface area contributed by atoms with Crippen LogP contribution in [0.2, 0.25) is 0 Å². The molecule has 0 aromatic heterocycles. The molecule has 1 amide bonds. The normalized spacial score (nSPS) is 23.8. The van der Waals surface area contributed by atoms with Gasteiger partial charge in [0.05, 0.1) is 16.6 Å². The van der Waals surface area contributed by atoms with Crippen molar-refractivity contribution in [2.75, 3.05) is 6.79 Å². The highest BCUT2D eigenvalue weighted by Gasteiger charge is 2.30. The van der Waals surface area contributed by atoms with Gasteiger partial charge in [-0.25, -0.2) is 4.79 Å². The topological polar surface area (TPSA) is 117 Å². The van der Waals surface area contributed by atoms with Gasteiger partial charge in [0.1, 0.15) is 0 Å². The van der Waals surface area contributed by atoms with Crippen LogP contribution in [0.1, 0.15) is 45.6 Å². The highest BCUT2D eigenvalue weighted by atomic mass is 16.7. The molecule has 1 saturated carbocycles. The van der Waals surface area contributed by atoms with Crippen molar-refractivity contribution in [3.8, 4) is 11.5 Å². The number of nitrogens with zero attached hydrogens (tertiary/aromatic N) is 1. The molecule has 1 heterocycles. The minimum absolute atomic E-state index is 0.0211. The zero-order valence-electron chi connectivity index (χ0n) is 17.3. The number of benzene rings is 1. The van der Waals surface area contributed by atoms with Gasteiger partial charge < -0.3 is 19.5 Å². The van der Waals surface area contributed by atoms with Gasteiger partial charge in [-0.15, -0.1) is 0 Å². The molecular weight excluding hydrogens is 392 g/mol. The Kier molecular flexibility index (Phi) is 6.59. The maximum Gasteiger partial charge on any atom is 0.331 e. The van der Waals surface area contributed by atoms with Crippen LogP contribution >= 0.6 is 0 Å². The Hall–Kier alpha value is -3.10. The summed E-state index contributed by atoms with van der Waals surface area (Å²) in [7, 11) is 0. The van der Waals surface area contributed by atoms with Gasteiger partial charge >= 0.3 is 5.97 Å². The Labute approximate surface area is 174 Å². The smallest absolute Gasteiger partial charge is 0.331 e. The molecule has 3 rings (SSSR count). The van der Waals surface area contributed by atoms with Crippen LogP contribution in [-0.4, -0.2) is 35.7 Å². The van der Waals surface area contributed by atoms with E-state index < -0.39 is 17.0 Å². The van der Waals surface area contributed by atoms with E-state index in [1.54, 1.807) is 0 Å². The number of carbonyl (C=O) groups is 2. The van der Waals surface area contributed by atoms with Crippen molar-refractivity contribution in [1.82, 2.24) is 5.32 Å². The number of carbonyl (C=O) groups excluding carboxylic acids is 2. The van der Waals surface area contributed by atoms with E-state index in [-0.39, 0.29) is 35.7 Å². The molecule has 0 radical (unpaired) electrons. The maximum atomic E-state index is 12.4. The first-order valence-corrected chi connectivity index (χ1v) is 10.0. The van der Waals surface area contributed by atoms with Crippen LogP contribution in [0.5, 0.6) is 11.5 Å². The molecule has 30 heavy (non-hydrogen) atoms. The molecule has 9 nitrogen and oxygen atoms in total. The highest BCUT2D eigenvalue weighted by Crippen LogP contribution is 2.38. The minimum atomic E-state index is -0.974. The molecule has 162 valence electrons. The Bertz CT molecular complexity index is 867. The molecule has 1 N–H and O–H groups in total. The van der Waals surface area contributed by atoms with Crippen LogP contribution in [-0.2, 0) is 14.3 Å². The number of nitrogens with one attached hydrogen (secondary N) is 1. The van der Waals surface area contributed by atoms with Crippen LogP contribution in [0, 0.1) is 22.0 Å². The monoisotopic (exact) mass is 418 g/mol. The van der Waals surface area contributed by atoms with E-state index in [4.69, 9.17) is 14.2 Å². The molecule has 0 unspecified atom stereocenters. The van der Waals surface area contributed by atoms with Crippen molar-refractivity contribution >= 4 is 23.6 Å². The van der Waals surface area contributed by atoms with E-state index in [0.29, 0.717) is 17.6 Å². The SMILES string of the molecule is C[C@H]1[C@@H](NC(=O)[C@@H](C)OC(=O)/C=C/c2cc3c(cc2[N+](=O)[O-])OCO3)CCC[C@@H]1C. The van der Waals surface area contributed by atoms with E-state index in [0.717, 1.165) is 25.3 Å². The maximum absolute atomic E-state index is 12.4. The number of rotatable bonds is 6. The molecule has 0 saturated heterocycles. The first-order valence-electron chi connectivity index (χ1n) is 10.0. The lowest BCUT2D eigenvalue weighted by atomic mass is 9.78. The zero-order valence-corrected chi connectivity index (χ0v) is 17.3. The molecular formula is C21H26N2O7. The third kappa shape index (κ3) is 4.90. The first-order chi connectivity index (χ1) is 14.3. The molecule has 1 aromatic carbocycles. The number of ether oxygens (including phenoxy) is 3. The van der Waals surface area contributed by atoms with Gasteiger partial charge in [0.25, 0.3) is 11.6 Å². The summed E-state index contributed by atoms with van der Waals surface area (Å²) in [5.74, 6) is 0.404. The van der Waals surface area contributed by atoms with Gasteiger partial charge in [0.2, 0.25) is 6.79 Å².